The molecule has 116 valence electrons. The molecule has 1 aliphatic heterocycles. The van der Waals surface area contributed by atoms with Crippen molar-refractivity contribution >= 4 is 27.5 Å². The van der Waals surface area contributed by atoms with Gasteiger partial charge in [0.2, 0.25) is 5.72 Å². The van der Waals surface area contributed by atoms with Gasteiger partial charge in [-0.3, -0.25) is 9.48 Å². The summed E-state index contributed by atoms with van der Waals surface area (Å²) in [6.07, 6.45) is -4.94. The van der Waals surface area contributed by atoms with E-state index in [1.54, 1.807) is 0 Å². The van der Waals surface area contributed by atoms with Gasteiger partial charge in [0.15, 0.2) is 0 Å². The Morgan fingerprint density at radius 1 is 1.48 bits per heavy atom. The van der Waals surface area contributed by atoms with E-state index >= 15 is 0 Å². The van der Waals surface area contributed by atoms with Gasteiger partial charge in [-0.2, -0.15) is 15.2 Å². The predicted octanol–water partition coefficient (Wildman–Crippen LogP) is 1.45. The smallest absolute Gasteiger partial charge is 0.287 e. The lowest BCUT2D eigenvalue weighted by molar-refractivity contribution is -0.192. The molecule has 0 saturated carbocycles. The molecule has 6 nitrogen and oxygen atoms in total. The lowest BCUT2D eigenvalue weighted by Gasteiger charge is -2.29. The van der Waals surface area contributed by atoms with Crippen LogP contribution in [-0.2, 0) is 11.3 Å². The number of nitrogens with zero attached hydrogens (tertiary/aromatic N) is 4. The Morgan fingerprint density at radius 2 is 2.14 bits per heavy atom. The Kier molecular flexibility index (Phi) is 4.33. The molecular weight excluding hydrogens is 364 g/mol. The summed E-state index contributed by atoms with van der Waals surface area (Å²) in [6, 6.07) is 0. The van der Waals surface area contributed by atoms with Gasteiger partial charge < -0.3 is 5.11 Å². The molecule has 1 amide bonds. The van der Waals surface area contributed by atoms with Gasteiger partial charge in [-0.25, -0.2) is 17.6 Å². The Morgan fingerprint density at radius 3 is 2.62 bits per heavy atom. The van der Waals surface area contributed by atoms with Crippen LogP contribution in [0.25, 0.3) is 0 Å². The van der Waals surface area contributed by atoms with Crippen LogP contribution in [0.5, 0.6) is 0 Å². The molecule has 0 unspecified atom stereocenters. The van der Waals surface area contributed by atoms with Crippen molar-refractivity contribution in [2.24, 2.45) is 5.10 Å². The highest BCUT2D eigenvalue weighted by atomic mass is 79.9. The lowest BCUT2D eigenvalue weighted by Crippen LogP contribution is -2.52. The number of alkyl halides is 4. The van der Waals surface area contributed by atoms with Crippen molar-refractivity contribution in [3.05, 3.63) is 16.9 Å². The topological polar surface area (TPSA) is 70.7 Å². The van der Waals surface area contributed by atoms with Crippen LogP contribution in [0.2, 0.25) is 0 Å². The highest BCUT2D eigenvalue weighted by molar-refractivity contribution is 9.10. The number of aliphatic hydroxyl groups is 1. The first-order valence-corrected chi connectivity index (χ1v) is 6.40. The molecule has 2 rings (SSSR count). The summed E-state index contributed by atoms with van der Waals surface area (Å²) >= 11 is 3.08. The van der Waals surface area contributed by atoms with Crippen LogP contribution >= 0.6 is 15.9 Å². The first-order chi connectivity index (χ1) is 9.74. The zero-order valence-corrected chi connectivity index (χ0v) is 11.8. The van der Waals surface area contributed by atoms with Gasteiger partial charge in [0.05, 0.1) is 10.7 Å². The summed E-state index contributed by atoms with van der Waals surface area (Å²) in [5.74, 6) is -1.08. The molecule has 0 fully saturated rings. The van der Waals surface area contributed by atoms with Crippen LogP contribution in [0, 0.1) is 0 Å². The number of amides is 1. The summed E-state index contributed by atoms with van der Waals surface area (Å²) in [6.45, 7) is -0.527. The van der Waals surface area contributed by atoms with Crippen LogP contribution in [0.4, 0.5) is 17.6 Å². The number of carbonyl (C=O) groups is 1. The van der Waals surface area contributed by atoms with Crippen molar-refractivity contribution in [3.63, 3.8) is 0 Å². The Balaban J connectivity index is 2.23. The molecule has 0 bridgehead atoms. The van der Waals surface area contributed by atoms with E-state index in [-0.39, 0.29) is 5.01 Å². The van der Waals surface area contributed by atoms with Gasteiger partial charge >= 0.3 is 0 Å². The van der Waals surface area contributed by atoms with Crippen LogP contribution < -0.4 is 0 Å². The second-order valence-corrected chi connectivity index (χ2v) is 5.23. The Hall–Kier alpha value is -1.49. The first-order valence-electron chi connectivity index (χ1n) is 5.61. The number of hydrogen-bond acceptors (Lipinski definition) is 4. The summed E-state index contributed by atoms with van der Waals surface area (Å²) in [7, 11) is 0. The minimum absolute atomic E-state index is 0.00868. The van der Waals surface area contributed by atoms with Gasteiger partial charge in [0, 0.05) is 12.6 Å². The zero-order chi connectivity index (χ0) is 15.8. The fourth-order valence-corrected chi connectivity index (χ4v) is 2.11. The molecule has 0 radical (unpaired) electrons. The number of hydrogen-bond donors (Lipinski definition) is 1. The molecular formula is C10H9BrF4N4O2. The number of carbonyl (C=O) groups excluding carboxylic acids is 1. The maximum absolute atomic E-state index is 12.9. The maximum atomic E-state index is 12.9. The molecule has 0 saturated heterocycles. The van der Waals surface area contributed by atoms with Crippen LogP contribution in [0.1, 0.15) is 6.42 Å². The fraction of sp³-hybridized carbons (Fsp3) is 0.500. The average molecular weight is 373 g/mol. The van der Waals surface area contributed by atoms with Crippen molar-refractivity contribution < 1.29 is 27.5 Å². The highest BCUT2D eigenvalue weighted by Gasteiger charge is 2.53. The minimum atomic E-state index is -3.44. The molecule has 0 aromatic carbocycles. The molecule has 2 heterocycles. The van der Waals surface area contributed by atoms with Crippen molar-refractivity contribution in [2.75, 3.05) is 0 Å². The molecule has 0 aliphatic carbocycles. The van der Waals surface area contributed by atoms with E-state index in [0.29, 0.717) is 4.47 Å². The largest absolute Gasteiger partial charge is 0.364 e. The van der Waals surface area contributed by atoms with Gasteiger partial charge in [0.1, 0.15) is 12.3 Å². The normalized spacial score (nSPS) is 22.3. The van der Waals surface area contributed by atoms with Gasteiger partial charge in [-0.15, -0.1) is 0 Å². The van der Waals surface area contributed by atoms with Crippen LogP contribution in [0.3, 0.4) is 0 Å². The SMILES string of the molecule is O=C(Cn1cc(Br)cn1)N1N=C(C(F)F)C[C@@]1(O)C(F)F. The van der Waals surface area contributed by atoms with Crippen molar-refractivity contribution in [2.45, 2.75) is 31.5 Å². The third-order valence-electron chi connectivity index (χ3n) is 2.77. The number of hydrazone groups is 1. The molecule has 0 spiro atoms. The third kappa shape index (κ3) is 3.07. The van der Waals surface area contributed by atoms with Crippen molar-refractivity contribution in [1.29, 1.82) is 0 Å². The van der Waals surface area contributed by atoms with E-state index in [0.717, 1.165) is 4.68 Å². The van der Waals surface area contributed by atoms with E-state index in [1.807, 2.05) is 0 Å². The fourth-order valence-electron chi connectivity index (χ4n) is 1.78. The second kappa shape index (κ2) is 5.72. The van der Waals surface area contributed by atoms with Crippen LogP contribution in [-0.4, -0.2) is 50.1 Å². The molecule has 1 aromatic rings. The van der Waals surface area contributed by atoms with Crippen LogP contribution in [0.15, 0.2) is 22.0 Å². The molecule has 1 aromatic heterocycles. The quantitative estimate of drug-likeness (QED) is 0.813. The molecule has 1 aliphatic rings. The predicted molar refractivity (Wildman–Crippen MR) is 65.8 cm³/mol. The number of aromatic nitrogens is 2. The van der Waals surface area contributed by atoms with E-state index < -0.39 is 43.2 Å². The first kappa shape index (κ1) is 15.9. The summed E-state index contributed by atoms with van der Waals surface area (Å²) in [5, 5.41) is 16.6. The number of rotatable bonds is 4. The highest BCUT2D eigenvalue weighted by Crippen LogP contribution is 2.33. The minimum Gasteiger partial charge on any atom is -0.364 e. The standard InChI is InChI=1S/C10H9BrF4N4O2/c11-5-2-16-18(3-5)4-7(20)19-10(21,9(14)15)1-6(17-19)8(12)13/h2-3,8-9,21H,1,4H2/t10-/m1/s1. The Bertz CT molecular complexity index is 579. The van der Waals surface area contributed by atoms with E-state index in [9.17, 15) is 27.5 Å². The van der Waals surface area contributed by atoms with Crippen molar-refractivity contribution in [1.82, 2.24) is 14.8 Å². The average Bonchev–Trinajstić information content (AvgIpc) is 2.94. The monoisotopic (exact) mass is 372 g/mol. The van der Waals surface area contributed by atoms with E-state index in [1.165, 1.54) is 12.4 Å². The lowest BCUT2D eigenvalue weighted by atomic mass is 10.1. The number of halogens is 5. The van der Waals surface area contributed by atoms with Gasteiger partial charge in [-0.1, -0.05) is 0 Å². The second-order valence-electron chi connectivity index (χ2n) is 4.31. The molecule has 11 heteroatoms. The molecule has 21 heavy (non-hydrogen) atoms. The van der Waals surface area contributed by atoms with E-state index in [2.05, 4.69) is 26.1 Å². The third-order valence-corrected chi connectivity index (χ3v) is 3.18. The summed E-state index contributed by atoms with van der Waals surface area (Å²) < 4.78 is 52.6. The van der Waals surface area contributed by atoms with Gasteiger partial charge in [-0.05, 0) is 15.9 Å². The summed E-state index contributed by atoms with van der Waals surface area (Å²) in [4.78, 5) is 11.9. The zero-order valence-electron chi connectivity index (χ0n) is 10.3. The Labute approximate surface area is 124 Å². The maximum Gasteiger partial charge on any atom is 0.287 e. The van der Waals surface area contributed by atoms with Gasteiger partial charge in [0.25, 0.3) is 18.8 Å². The molecule has 1 atom stereocenters. The van der Waals surface area contributed by atoms with Crippen molar-refractivity contribution in [3.8, 4) is 0 Å². The molecule has 1 N–H and O–H groups in total. The summed E-state index contributed by atoms with van der Waals surface area (Å²) in [5.41, 5.74) is -4.03. The van der Waals surface area contributed by atoms with E-state index in [4.69, 9.17) is 0 Å².